The number of aryl methyl sites for hydroxylation is 1. The van der Waals surface area contributed by atoms with Crippen molar-refractivity contribution < 1.29 is 19.0 Å². The molecule has 110 valence electrons. The highest BCUT2D eigenvalue weighted by Gasteiger charge is 2.42. The zero-order valence-electron chi connectivity index (χ0n) is 11.3. The number of hydrogen-bond donors (Lipinski definition) is 0. The second kappa shape index (κ2) is 5.90. The highest BCUT2D eigenvalue weighted by molar-refractivity contribution is 6.31. The summed E-state index contributed by atoms with van der Waals surface area (Å²) in [6, 6.07) is 0. The first-order valence-corrected chi connectivity index (χ1v) is 6.52. The Balaban J connectivity index is 2.38. The maximum Gasteiger partial charge on any atom is 0.318 e. The first-order valence-electron chi connectivity index (χ1n) is 6.15. The summed E-state index contributed by atoms with van der Waals surface area (Å²) in [4.78, 5) is 23.9. The predicted octanol–water partition coefficient (Wildman–Crippen LogP) is 0.799. The zero-order chi connectivity index (χ0) is 14.9. The quantitative estimate of drug-likeness (QED) is 0.765. The number of aromatic nitrogens is 2. The second-order valence-electron chi connectivity index (χ2n) is 4.28. The molecule has 0 spiro atoms. The van der Waals surface area contributed by atoms with Crippen molar-refractivity contribution in [2.45, 2.75) is 32.3 Å². The summed E-state index contributed by atoms with van der Waals surface area (Å²) >= 11 is 6.01. The SMILES string of the molecule is CCOC(=O)C(c1cnn(C)c(=O)c1Cl)C1OC(C)O1. The van der Waals surface area contributed by atoms with Crippen LogP contribution in [0, 0.1) is 0 Å². The van der Waals surface area contributed by atoms with Crippen molar-refractivity contribution in [1.82, 2.24) is 9.78 Å². The maximum atomic E-state index is 12.1. The lowest BCUT2D eigenvalue weighted by Crippen LogP contribution is -2.46. The molecule has 0 radical (unpaired) electrons. The third-order valence-electron chi connectivity index (χ3n) is 2.90. The van der Waals surface area contributed by atoms with E-state index in [0.717, 1.165) is 4.68 Å². The lowest BCUT2D eigenvalue weighted by Gasteiger charge is -2.37. The van der Waals surface area contributed by atoms with E-state index in [2.05, 4.69) is 5.10 Å². The Labute approximate surface area is 120 Å². The highest BCUT2D eigenvalue weighted by Crippen LogP contribution is 2.34. The molecule has 1 fully saturated rings. The molecule has 1 unspecified atom stereocenters. The summed E-state index contributed by atoms with van der Waals surface area (Å²) in [7, 11) is 1.47. The molecule has 2 heterocycles. The minimum atomic E-state index is -0.931. The van der Waals surface area contributed by atoms with Gasteiger partial charge in [-0.15, -0.1) is 0 Å². The van der Waals surface area contributed by atoms with Gasteiger partial charge in [-0.2, -0.15) is 5.10 Å². The molecule has 7 nitrogen and oxygen atoms in total. The zero-order valence-corrected chi connectivity index (χ0v) is 12.1. The molecule has 0 aromatic carbocycles. The average molecular weight is 303 g/mol. The summed E-state index contributed by atoms with van der Waals surface area (Å²) < 4.78 is 16.7. The second-order valence-corrected chi connectivity index (χ2v) is 4.66. The molecule has 20 heavy (non-hydrogen) atoms. The molecule has 0 N–H and O–H groups in total. The molecule has 1 aromatic heterocycles. The van der Waals surface area contributed by atoms with Crippen molar-refractivity contribution in [3.05, 3.63) is 27.1 Å². The molecule has 1 atom stereocenters. The standard InChI is InChI=1S/C12H15ClN2O5/c1-4-18-11(17)8(12-19-6(2)20-12)7-5-14-15(3)10(16)9(7)13/h5-6,8,12H,4H2,1-3H3. The fourth-order valence-corrected chi connectivity index (χ4v) is 2.19. The van der Waals surface area contributed by atoms with Gasteiger partial charge in [-0.25, -0.2) is 4.68 Å². The van der Waals surface area contributed by atoms with Crippen LogP contribution in [0.15, 0.2) is 11.0 Å². The molecule has 1 aromatic rings. The van der Waals surface area contributed by atoms with Crippen LogP contribution in [0.5, 0.6) is 0 Å². The van der Waals surface area contributed by atoms with Crippen LogP contribution in [0.3, 0.4) is 0 Å². The first kappa shape index (κ1) is 15.0. The average Bonchev–Trinajstić information content (AvgIpc) is 2.37. The smallest absolute Gasteiger partial charge is 0.318 e. The topological polar surface area (TPSA) is 79.7 Å². The number of nitrogens with zero attached hydrogens (tertiary/aromatic N) is 2. The van der Waals surface area contributed by atoms with Crippen LogP contribution in [0.25, 0.3) is 0 Å². The van der Waals surface area contributed by atoms with Crippen molar-refractivity contribution in [3.8, 4) is 0 Å². The normalized spacial score (nSPS) is 23.0. The van der Waals surface area contributed by atoms with Gasteiger partial charge in [0.15, 0.2) is 12.6 Å². The van der Waals surface area contributed by atoms with E-state index in [4.69, 9.17) is 25.8 Å². The number of ether oxygens (including phenoxy) is 3. The van der Waals surface area contributed by atoms with E-state index in [-0.39, 0.29) is 17.2 Å². The fraction of sp³-hybridized carbons (Fsp3) is 0.583. The van der Waals surface area contributed by atoms with Crippen molar-refractivity contribution in [1.29, 1.82) is 0 Å². The van der Waals surface area contributed by atoms with Crippen molar-refractivity contribution in [2.24, 2.45) is 7.05 Å². The van der Waals surface area contributed by atoms with Gasteiger partial charge in [0.25, 0.3) is 5.56 Å². The van der Waals surface area contributed by atoms with Crippen LogP contribution in [0.2, 0.25) is 5.02 Å². The molecule has 0 amide bonds. The molecule has 0 saturated carbocycles. The number of rotatable bonds is 4. The molecule has 1 saturated heterocycles. The minimum Gasteiger partial charge on any atom is -0.465 e. The summed E-state index contributed by atoms with van der Waals surface area (Å²) in [6.07, 6.45) is 0.117. The van der Waals surface area contributed by atoms with Crippen LogP contribution in [0.4, 0.5) is 0 Å². The lowest BCUT2D eigenvalue weighted by atomic mass is 10.00. The highest BCUT2D eigenvalue weighted by atomic mass is 35.5. The molecule has 0 aliphatic carbocycles. The molecule has 2 rings (SSSR count). The minimum absolute atomic E-state index is 0.0905. The van der Waals surface area contributed by atoms with Gasteiger partial charge in [0.2, 0.25) is 0 Å². The molecular weight excluding hydrogens is 288 g/mol. The molecule has 8 heteroatoms. The Kier molecular flexibility index (Phi) is 4.42. The number of esters is 1. The fourth-order valence-electron chi connectivity index (χ4n) is 1.90. The Bertz CT molecular complexity index is 567. The maximum absolute atomic E-state index is 12.1. The number of carbonyl (C=O) groups is 1. The largest absolute Gasteiger partial charge is 0.465 e. The van der Waals surface area contributed by atoms with Crippen LogP contribution < -0.4 is 5.56 Å². The van der Waals surface area contributed by atoms with Gasteiger partial charge < -0.3 is 14.2 Å². The Morgan fingerprint density at radius 3 is 2.80 bits per heavy atom. The van der Waals surface area contributed by atoms with E-state index < -0.39 is 30.0 Å². The first-order chi connectivity index (χ1) is 9.45. The third-order valence-corrected chi connectivity index (χ3v) is 3.28. The summed E-state index contributed by atoms with van der Waals surface area (Å²) in [5.41, 5.74) is -0.254. The van der Waals surface area contributed by atoms with Gasteiger partial charge in [-0.1, -0.05) is 11.6 Å². The van der Waals surface area contributed by atoms with E-state index in [9.17, 15) is 9.59 Å². The van der Waals surface area contributed by atoms with Crippen LogP contribution in [-0.2, 0) is 26.1 Å². The Morgan fingerprint density at radius 2 is 2.25 bits per heavy atom. The van der Waals surface area contributed by atoms with Gasteiger partial charge in [0, 0.05) is 12.6 Å². The molecule has 0 bridgehead atoms. The summed E-state index contributed by atoms with van der Waals surface area (Å²) in [6.45, 7) is 3.58. The van der Waals surface area contributed by atoms with Gasteiger partial charge >= 0.3 is 5.97 Å². The third kappa shape index (κ3) is 2.70. The van der Waals surface area contributed by atoms with Crippen molar-refractivity contribution >= 4 is 17.6 Å². The van der Waals surface area contributed by atoms with Crippen molar-refractivity contribution in [3.63, 3.8) is 0 Å². The predicted molar refractivity (Wildman–Crippen MR) is 69.3 cm³/mol. The number of hydrogen-bond acceptors (Lipinski definition) is 6. The molecule has 1 aliphatic heterocycles. The van der Waals surface area contributed by atoms with Crippen LogP contribution >= 0.6 is 11.6 Å². The summed E-state index contributed by atoms with van der Waals surface area (Å²) in [5.74, 6) is -1.50. The Morgan fingerprint density at radius 1 is 1.60 bits per heavy atom. The van der Waals surface area contributed by atoms with Gasteiger partial charge in [0.05, 0.1) is 12.8 Å². The van der Waals surface area contributed by atoms with E-state index in [1.807, 2.05) is 0 Å². The summed E-state index contributed by atoms with van der Waals surface area (Å²) in [5, 5.41) is 3.77. The number of halogens is 1. The van der Waals surface area contributed by atoms with Gasteiger partial charge in [0.1, 0.15) is 10.9 Å². The van der Waals surface area contributed by atoms with Crippen molar-refractivity contribution in [2.75, 3.05) is 6.61 Å². The van der Waals surface area contributed by atoms with Crippen LogP contribution in [-0.4, -0.2) is 34.9 Å². The Hall–Kier alpha value is -1.44. The van der Waals surface area contributed by atoms with E-state index in [1.165, 1.54) is 13.2 Å². The van der Waals surface area contributed by atoms with E-state index in [0.29, 0.717) is 0 Å². The van der Waals surface area contributed by atoms with Gasteiger partial charge in [-0.3, -0.25) is 9.59 Å². The van der Waals surface area contributed by atoms with Crippen LogP contribution in [0.1, 0.15) is 25.3 Å². The van der Waals surface area contributed by atoms with E-state index in [1.54, 1.807) is 13.8 Å². The lowest BCUT2D eigenvalue weighted by molar-refractivity contribution is -0.380. The molecule has 1 aliphatic rings. The van der Waals surface area contributed by atoms with Gasteiger partial charge in [-0.05, 0) is 13.8 Å². The number of carbonyl (C=O) groups excluding carboxylic acids is 1. The monoisotopic (exact) mass is 302 g/mol. The molecular formula is C12H15ClN2O5. The van der Waals surface area contributed by atoms with E-state index >= 15 is 0 Å².